The lowest BCUT2D eigenvalue weighted by atomic mass is 10.1. The van der Waals surface area contributed by atoms with Gasteiger partial charge in [-0.2, -0.15) is 0 Å². The van der Waals surface area contributed by atoms with E-state index in [4.69, 9.17) is 10.5 Å². The van der Waals surface area contributed by atoms with Crippen LogP contribution in [0, 0.1) is 0 Å². The maximum Gasteiger partial charge on any atom is 0.155 e. The Balaban J connectivity index is 2.34. The van der Waals surface area contributed by atoms with Crippen molar-refractivity contribution in [3.05, 3.63) is 29.8 Å². The summed E-state index contributed by atoms with van der Waals surface area (Å²) in [5, 5.41) is 8.71. The van der Waals surface area contributed by atoms with Crippen LogP contribution in [0.5, 0.6) is 5.75 Å². The van der Waals surface area contributed by atoms with Crippen LogP contribution in [-0.4, -0.2) is 43.8 Å². The van der Waals surface area contributed by atoms with Gasteiger partial charge in [-0.15, -0.1) is 0 Å². The molecule has 0 aromatic heterocycles. The molecule has 3 atom stereocenters. The third-order valence-electron chi connectivity index (χ3n) is 3.84. The maximum atomic E-state index is 12.0. The number of hydrogen-bond acceptors (Lipinski definition) is 5. The third kappa shape index (κ3) is 2.24. The number of nitrogens with two attached hydrogens (primary N) is 1. The average Bonchev–Trinajstić information content (AvgIpc) is 3.07. The first-order chi connectivity index (χ1) is 8.90. The van der Waals surface area contributed by atoms with Gasteiger partial charge in [-0.3, -0.25) is 0 Å². The number of sulfone groups is 1. The van der Waals surface area contributed by atoms with Gasteiger partial charge in [0, 0.05) is 11.7 Å². The minimum absolute atomic E-state index is 0.0310. The third-order valence-corrected chi connectivity index (χ3v) is 6.13. The molecule has 2 rings (SSSR count). The summed E-state index contributed by atoms with van der Waals surface area (Å²) in [6.07, 6.45) is 0. The minimum Gasteiger partial charge on any atom is -0.497 e. The van der Waals surface area contributed by atoms with Gasteiger partial charge in [-0.05, 0) is 17.7 Å². The van der Waals surface area contributed by atoms with Crippen molar-refractivity contribution >= 4 is 9.84 Å². The molecule has 0 bridgehead atoms. The van der Waals surface area contributed by atoms with Gasteiger partial charge in [0.15, 0.2) is 9.84 Å². The zero-order valence-electron chi connectivity index (χ0n) is 11.0. The summed E-state index contributed by atoms with van der Waals surface area (Å²) < 4.78 is 29.1. The van der Waals surface area contributed by atoms with Crippen molar-refractivity contribution in [1.29, 1.82) is 0 Å². The molecule has 1 fully saturated rings. The molecule has 0 aliphatic heterocycles. The van der Waals surface area contributed by atoms with Crippen LogP contribution in [0.1, 0.15) is 18.4 Å². The van der Waals surface area contributed by atoms with E-state index in [0.717, 1.165) is 5.56 Å². The molecule has 6 heteroatoms. The summed E-state index contributed by atoms with van der Waals surface area (Å²) in [6.45, 7) is 1.25. The highest BCUT2D eigenvalue weighted by molar-refractivity contribution is 7.92. The van der Waals surface area contributed by atoms with Crippen LogP contribution in [0.2, 0.25) is 0 Å². The SMILES string of the molecule is CCS(=O)(=O)[C@@H]1[C@@H](c2ccc(OC)cc2)[C@@]1(N)CO. The van der Waals surface area contributed by atoms with Crippen LogP contribution in [-0.2, 0) is 9.84 Å². The van der Waals surface area contributed by atoms with Crippen molar-refractivity contribution < 1.29 is 18.3 Å². The van der Waals surface area contributed by atoms with Crippen molar-refractivity contribution in [3.63, 3.8) is 0 Å². The first-order valence-electron chi connectivity index (χ1n) is 6.16. The Kier molecular flexibility index (Phi) is 3.59. The topological polar surface area (TPSA) is 89.6 Å². The number of aliphatic hydroxyl groups is 1. The van der Waals surface area contributed by atoms with E-state index in [-0.39, 0.29) is 18.3 Å². The lowest BCUT2D eigenvalue weighted by molar-refractivity contribution is 0.253. The molecule has 1 aromatic rings. The minimum atomic E-state index is -3.27. The van der Waals surface area contributed by atoms with Gasteiger partial charge in [-0.25, -0.2) is 8.42 Å². The smallest absolute Gasteiger partial charge is 0.155 e. The van der Waals surface area contributed by atoms with Gasteiger partial charge in [0.05, 0.1) is 24.5 Å². The number of benzene rings is 1. The van der Waals surface area contributed by atoms with Crippen LogP contribution >= 0.6 is 0 Å². The van der Waals surface area contributed by atoms with Crippen molar-refractivity contribution in [2.45, 2.75) is 23.6 Å². The normalized spacial score (nSPS) is 30.1. The van der Waals surface area contributed by atoms with Gasteiger partial charge in [0.2, 0.25) is 0 Å². The number of aliphatic hydroxyl groups excluding tert-OH is 1. The van der Waals surface area contributed by atoms with Gasteiger partial charge in [0.25, 0.3) is 0 Å². The number of methoxy groups -OCH3 is 1. The Hall–Kier alpha value is -1.11. The van der Waals surface area contributed by atoms with Gasteiger partial charge >= 0.3 is 0 Å². The fourth-order valence-electron chi connectivity index (χ4n) is 2.63. The molecule has 0 amide bonds. The molecule has 0 spiro atoms. The largest absolute Gasteiger partial charge is 0.497 e. The molecule has 3 N–H and O–H groups in total. The molecule has 19 heavy (non-hydrogen) atoms. The quantitative estimate of drug-likeness (QED) is 0.811. The molecule has 0 heterocycles. The Morgan fingerprint density at radius 3 is 2.37 bits per heavy atom. The predicted octanol–water partition coefficient (Wildman–Crippen LogP) is 0.286. The Labute approximate surface area is 113 Å². The lowest BCUT2D eigenvalue weighted by Crippen LogP contribution is -2.35. The molecule has 106 valence electrons. The highest BCUT2D eigenvalue weighted by Crippen LogP contribution is 2.54. The molecular weight excluding hydrogens is 266 g/mol. The summed E-state index contributed by atoms with van der Waals surface area (Å²) in [7, 11) is -1.71. The fraction of sp³-hybridized carbons (Fsp3) is 0.538. The van der Waals surface area contributed by atoms with Crippen LogP contribution in [0.4, 0.5) is 0 Å². The molecular formula is C13H19NO4S. The summed E-state index contributed by atoms with van der Waals surface area (Å²) in [5.74, 6) is 0.378. The standard InChI is InChI=1S/C13H19NO4S/c1-3-19(16,17)12-11(13(12,14)8-15)9-4-6-10(18-2)7-5-9/h4-7,11-12,15H,3,8,14H2,1-2H3/t11-,12-,13+/m1/s1. The van der Waals surface area contributed by atoms with Crippen molar-refractivity contribution in [2.24, 2.45) is 5.73 Å². The second-order valence-electron chi connectivity index (χ2n) is 4.89. The highest BCUT2D eigenvalue weighted by Gasteiger charge is 2.68. The molecule has 1 aliphatic rings. The average molecular weight is 285 g/mol. The van der Waals surface area contributed by atoms with Gasteiger partial charge in [-0.1, -0.05) is 19.1 Å². The van der Waals surface area contributed by atoms with E-state index >= 15 is 0 Å². The van der Waals surface area contributed by atoms with E-state index < -0.39 is 20.6 Å². The Morgan fingerprint density at radius 1 is 1.37 bits per heavy atom. The fourth-order valence-corrected chi connectivity index (χ4v) is 4.62. The van der Waals surface area contributed by atoms with Crippen LogP contribution < -0.4 is 10.5 Å². The predicted molar refractivity (Wildman–Crippen MR) is 73.0 cm³/mol. The second kappa shape index (κ2) is 4.77. The van der Waals surface area contributed by atoms with Crippen molar-refractivity contribution in [2.75, 3.05) is 19.5 Å². The van der Waals surface area contributed by atoms with Crippen LogP contribution in [0.3, 0.4) is 0 Å². The highest BCUT2D eigenvalue weighted by atomic mass is 32.2. The molecule has 1 saturated carbocycles. The molecule has 0 unspecified atom stereocenters. The van der Waals surface area contributed by atoms with Crippen molar-refractivity contribution in [1.82, 2.24) is 0 Å². The first-order valence-corrected chi connectivity index (χ1v) is 7.87. The molecule has 5 nitrogen and oxygen atoms in total. The van der Waals surface area contributed by atoms with Crippen LogP contribution in [0.25, 0.3) is 0 Å². The summed E-state index contributed by atoms with van der Waals surface area (Å²) in [4.78, 5) is 0. The zero-order chi connectivity index (χ0) is 14.3. The van der Waals surface area contributed by atoms with E-state index in [1.807, 2.05) is 0 Å². The monoisotopic (exact) mass is 285 g/mol. The summed E-state index contributed by atoms with van der Waals surface area (Å²) >= 11 is 0. The van der Waals surface area contributed by atoms with E-state index in [9.17, 15) is 13.5 Å². The summed E-state index contributed by atoms with van der Waals surface area (Å²) in [6, 6.07) is 7.13. The Morgan fingerprint density at radius 2 is 1.95 bits per heavy atom. The zero-order valence-corrected chi connectivity index (χ0v) is 11.9. The van der Waals surface area contributed by atoms with E-state index in [2.05, 4.69) is 0 Å². The van der Waals surface area contributed by atoms with Crippen molar-refractivity contribution in [3.8, 4) is 5.75 Å². The first kappa shape index (κ1) is 14.3. The Bertz CT molecular complexity index is 555. The number of hydrogen-bond donors (Lipinski definition) is 2. The number of rotatable bonds is 5. The molecule has 1 aromatic carbocycles. The van der Waals surface area contributed by atoms with E-state index in [1.165, 1.54) is 0 Å². The molecule has 0 saturated heterocycles. The number of ether oxygens (including phenoxy) is 1. The maximum absolute atomic E-state index is 12.0. The second-order valence-corrected chi connectivity index (χ2v) is 7.30. The van der Waals surface area contributed by atoms with Gasteiger partial charge in [0.1, 0.15) is 5.75 Å². The lowest BCUT2D eigenvalue weighted by Gasteiger charge is -2.07. The molecule has 0 radical (unpaired) electrons. The van der Waals surface area contributed by atoms with Gasteiger partial charge < -0.3 is 15.6 Å². The summed E-state index contributed by atoms with van der Waals surface area (Å²) in [5.41, 5.74) is 5.79. The van der Waals surface area contributed by atoms with E-state index in [0.29, 0.717) is 5.75 Å². The van der Waals surface area contributed by atoms with E-state index in [1.54, 1.807) is 38.3 Å². The molecule has 1 aliphatic carbocycles. The van der Waals surface area contributed by atoms with Crippen LogP contribution in [0.15, 0.2) is 24.3 Å².